The molecule has 4 heterocycles. The van der Waals surface area contributed by atoms with E-state index in [0.29, 0.717) is 17.4 Å². The van der Waals surface area contributed by atoms with E-state index in [-0.39, 0.29) is 17.6 Å². The summed E-state index contributed by atoms with van der Waals surface area (Å²) in [5.74, 6) is 2.42. The van der Waals surface area contributed by atoms with Gasteiger partial charge in [0.25, 0.3) is 0 Å². The lowest BCUT2D eigenvalue weighted by Crippen LogP contribution is -2.46. The van der Waals surface area contributed by atoms with Gasteiger partial charge in [0.05, 0.1) is 7.11 Å². The van der Waals surface area contributed by atoms with Gasteiger partial charge in [0.15, 0.2) is 5.65 Å². The molecule has 0 atom stereocenters. The smallest absolute Gasteiger partial charge is 0.352 e. The van der Waals surface area contributed by atoms with Crippen LogP contribution in [-0.4, -0.2) is 62.6 Å². The van der Waals surface area contributed by atoms with Gasteiger partial charge in [-0.25, -0.2) is 18.9 Å². The molecule has 0 amide bonds. The van der Waals surface area contributed by atoms with Crippen molar-refractivity contribution in [3.8, 4) is 17.1 Å². The molecule has 1 fully saturated rings. The lowest BCUT2D eigenvalue weighted by Gasteiger charge is -2.36. The van der Waals surface area contributed by atoms with Crippen LogP contribution in [0, 0.1) is 0 Å². The van der Waals surface area contributed by atoms with Gasteiger partial charge in [-0.05, 0) is 23.1 Å². The van der Waals surface area contributed by atoms with Gasteiger partial charge in [-0.1, -0.05) is 56.3 Å². The van der Waals surface area contributed by atoms with Crippen LogP contribution < -0.4 is 20.2 Å². The van der Waals surface area contributed by atoms with Crippen molar-refractivity contribution in [2.24, 2.45) is 0 Å². The van der Waals surface area contributed by atoms with Gasteiger partial charge in [-0.2, -0.15) is 4.98 Å². The molecule has 5 aromatic rings. The van der Waals surface area contributed by atoms with E-state index < -0.39 is 0 Å². The summed E-state index contributed by atoms with van der Waals surface area (Å²) in [6, 6.07) is 18.0. The predicted octanol–water partition coefficient (Wildman–Crippen LogP) is 3.62. The summed E-state index contributed by atoms with van der Waals surface area (Å²) < 4.78 is 13.6. The number of benzene rings is 2. The molecule has 1 aliphatic heterocycles. The molecule has 0 radical (unpaired) electrons. The Morgan fingerprint density at radius 1 is 0.975 bits per heavy atom. The number of ether oxygens (including phenoxy) is 1. The van der Waals surface area contributed by atoms with E-state index in [1.807, 2.05) is 36.4 Å². The van der Waals surface area contributed by atoms with Crippen LogP contribution in [0.4, 0.5) is 11.5 Å². The van der Waals surface area contributed by atoms with E-state index in [2.05, 4.69) is 69.0 Å². The van der Waals surface area contributed by atoms with Gasteiger partial charge in [0, 0.05) is 49.6 Å². The first-order chi connectivity index (χ1) is 19.3. The van der Waals surface area contributed by atoms with Crippen LogP contribution in [0.3, 0.4) is 0 Å². The minimum atomic E-state index is -0.314. The Labute approximate surface area is 231 Å². The molecule has 0 aliphatic carbocycles. The highest BCUT2D eigenvalue weighted by atomic mass is 16.5. The van der Waals surface area contributed by atoms with Crippen LogP contribution >= 0.6 is 0 Å². The minimum absolute atomic E-state index is 0.0606. The zero-order valence-electron chi connectivity index (χ0n) is 23.1. The maximum Gasteiger partial charge on any atom is 0.352 e. The van der Waals surface area contributed by atoms with E-state index in [0.717, 1.165) is 49.0 Å². The molecule has 40 heavy (non-hydrogen) atoms. The first-order valence-electron chi connectivity index (χ1n) is 13.3. The number of nitrogens with zero attached hydrogens (tertiary/aromatic N) is 8. The van der Waals surface area contributed by atoms with Crippen molar-refractivity contribution in [2.45, 2.75) is 32.7 Å². The van der Waals surface area contributed by atoms with E-state index in [9.17, 15) is 4.79 Å². The van der Waals surface area contributed by atoms with Gasteiger partial charge >= 0.3 is 5.69 Å². The largest absolute Gasteiger partial charge is 0.497 e. The van der Waals surface area contributed by atoms with Crippen LogP contribution in [0.1, 0.15) is 32.2 Å². The van der Waals surface area contributed by atoms with Crippen molar-refractivity contribution in [3.63, 3.8) is 0 Å². The number of piperazine rings is 1. The summed E-state index contributed by atoms with van der Waals surface area (Å²) in [6.07, 6.45) is 1.53. The molecular weight excluding hydrogens is 508 g/mol. The van der Waals surface area contributed by atoms with Crippen LogP contribution in [0.15, 0.2) is 70.2 Å². The second-order valence-corrected chi connectivity index (χ2v) is 10.9. The molecule has 0 unspecified atom stereocenters. The standard InChI is InChI=1S/C29H32N8O3/c1-29(2,3)21-10-8-20(9-11-21)27-31-26(40-33-27)18-37-28(38)36-19-30-24(17-25(36)32-37)35-14-12-34(13-15-35)22-6-5-7-23(16-22)39-4/h5-11,16-17,19H,12-15,18H2,1-4H3. The van der Waals surface area contributed by atoms with E-state index in [1.165, 1.54) is 21.0 Å². The Morgan fingerprint density at radius 3 is 2.45 bits per heavy atom. The molecule has 0 saturated carbocycles. The third-order valence-corrected chi connectivity index (χ3v) is 7.24. The Kier molecular flexibility index (Phi) is 6.49. The first kappa shape index (κ1) is 25.6. The third-order valence-electron chi connectivity index (χ3n) is 7.24. The minimum Gasteiger partial charge on any atom is -0.497 e. The quantitative estimate of drug-likeness (QED) is 0.319. The maximum atomic E-state index is 13.0. The monoisotopic (exact) mass is 540 g/mol. The number of methoxy groups -OCH3 is 1. The van der Waals surface area contributed by atoms with Gasteiger partial charge in [0.2, 0.25) is 11.7 Å². The summed E-state index contributed by atoms with van der Waals surface area (Å²) in [6.45, 7) is 9.87. The SMILES string of the molecule is COc1cccc(N2CCN(c3cc4nn(Cc5nc(-c6ccc(C(C)(C)C)cc6)no5)c(=O)n4cn3)CC2)c1. The zero-order valence-corrected chi connectivity index (χ0v) is 23.1. The Hall–Kier alpha value is -4.67. The molecule has 3 aromatic heterocycles. The number of rotatable bonds is 6. The normalized spacial score (nSPS) is 14.2. The molecule has 206 valence electrons. The highest BCUT2D eigenvalue weighted by Crippen LogP contribution is 2.26. The van der Waals surface area contributed by atoms with Gasteiger partial charge in [-0.3, -0.25) is 0 Å². The topological polar surface area (TPSA) is 107 Å². The molecule has 0 spiro atoms. The number of hydrogen-bond donors (Lipinski definition) is 0. The molecule has 6 rings (SSSR count). The number of aromatic nitrogens is 6. The number of anilines is 2. The predicted molar refractivity (Wildman–Crippen MR) is 152 cm³/mol. The van der Waals surface area contributed by atoms with Gasteiger partial charge < -0.3 is 19.1 Å². The van der Waals surface area contributed by atoms with Crippen molar-refractivity contribution in [3.05, 3.63) is 82.9 Å². The third kappa shape index (κ3) is 5.02. The first-order valence-corrected chi connectivity index (χ1v) is 13.3. The van der Waals surface area contributed by atoms with Crippen molar-refractivity contribution >= 4 is 17.2 Å². The second kappa shape index (κ2) is 10.1. The van der Waals surface area contributed by atoms with E-state index in [4.69, 9.17) is 9.26 Å². The zero-order chi connectivity index (χ0) is 27.9. The highest BCUT2D eigenvalue weighted by Gasteiger charge is 2.21. The molecule has 11 heteroatoms. The number of fused-ring (bicyclic) bond motifs is 1. The summed E-state index contributed by atoms with van der Waals surface area (Å²) in [4.78, 5) is 26.6. The lowest BCUT2D eigenvalue weighted by molar-refractivity contribution is 0.364. The Bertz CT molecular complexity index is 1690. The fraction of sp³-hybridized carbons (Fsp3) is 0.345. The molecule has 11 nitrogen and oxygen atoms in total. The highest BCUT2D eigenvalue weighted by molar-refractivity contribution is 5.56. The van der Waals surface area contributed by atoms with E-state index in [1.54, 1.807) is 7.11 Å². The summed E-state index contributed by atoms with van der Waals surface area (Å²) in [5, 5.41) is 8.62. The lowest BCUT2D eigenvalue weighted by atomic mass is 9.87. The summed E-state index contributed by atoms with van der Waals surface area (Å²) in [7, 11) is 1.68. The van der Waals surface area contributed by atoms with Crippen LogP contribution in [0.25, 0.3) is 17.0 Å². The van der Waals surface area contributed by atoms with Gasteiger partial charge in [-0.15, -0.1) is 5.10 Å². The number of hydrogen-bond acceptors (Lipinski definition) is 9. The second-order valence-electron chi connectivity index (χ2n) is 10.9. The average molecular weight is 541 g/mol. The van der Waals surface area contributed by atoms with Crippen molar-refractivity contribution in [1.29, 1.82) is 0 Å². The average Bonchev–Trinajstić information content (AvgIpc) is 3.57. The van der Waals surface area contributed by atoms with Crippen LogP contribution in [0.2, 0.25) is 0 Å². The Balaban J connectivity index is 1.15. The molecular formula is C29H32N8O3. The summed E-state index contributed by atoms with van der Waals surface area (Å²) >= 11 is 0. The molecule has 2 aromatic carbocycles. The molecule has 0 bridgehead atoms. The van der Waals surface area contributed by atoms with Crippen molar-refractivity contribution in [1.82, 2.24) is 29.3 Å². The molecule has 1 aliphatic rings. The van der Waals surface area contributed by atoms with Crippen molar-refractivity contribution < 1.29 is 9.26 Å². The van der Waals surface area contributed by atoms with E-state index >= 15 is 0 Å². The maximum absolute atomic E-state index is 13.0. The van der Waals surface area contributed by atoms with Crippen LogP contribution in [0.5, 0.6) is 5.75 Å². The summed E-state index contributed by atoms with van der Waals surface area (Å²) in [5.41, 5.74) is 3.48. The Morgan fingerprint density at radius 2 is 1.73 bits per heavy atom. The fourth-order valence-electron chi connectivity index (χ4n) is 4.87. The van der Waals surface area contributed by atoms with Gasteiger partial charge in [0.1, 0.15) is 24.4 Å². The molecule has 1 saturated heterocycles. The van der Waals surface area contributed by atoms with Crippen molar-refractivity contribution in [2.75, 3.05) is 43.1 Å². The van der Waals surface area contributed by atoms with Crippen LogP contribution in [-0.2, 0) is 12.0 Å². The fourth-order valence-corrected chi connectivity index (χ4v) is 4.87. The molecule has 0 N–H and O–H groups in total.